The Labute approximate surface area is 114 Å². The Balaban J connectivity index is 2.45. The van der Waals surface area contributed by atoms with Crippen molar-refractivity contribution < 1.29 is 9.53 Å². The predicted octanol–water partition coefficient (Wildman–Crippen LogP) is 1.47. The lowest BCUT2D eigenvalue weighted by Gasteiger charge is -2.20. The number of rotatable bonds is 5. The van der Waals surface area contributed by atoms with Crippen molar-refractivity contribution in [1.82, 2.24) is 19.8 Å². The van der Waals surface area contributed by atoms with E-state index in [0.29, 0.717) is 6.54 Å². The molecule has 1 heterocycles. The Morgan fingerprint density at radius 3 is 2.74 bits per heavy atom. The number of alkyl carbamates (subject to hydrolysis) is 1. The van der Waals surface area contributed by atoms with Crippen LogP contribution in [0.3, 0.4) is 0 Å². The number of nitrogens with one attached hydrogen (secondary N) is 1. The highest BCUT2D eigenvalue weighted by molar-refractivity contribution is 5.67. The van der Waals surface area contributed by atoms with Crippen molar-refractivity contribution in [3.63, 3.8) is 0 Å². The van der Waals surface area contributed by atoms with Gasteiger partial charge in [-0.2, -0.15) is 0 Å². The van der Waals surface area contributed by atoms with Crippen LogP contribution in [0.4, 0.5) is 4.79 Å². The zero-order chi connectivity index (χ0) is 14.5. The van der Waals surface area contributed by atoms with Gasteiger partial charge in [0, 0.05) is 19.3 Å². The molecule has 0 aliphatic carbocycles. The molecule has 0 aliphatic rings. The molecule has 0 radical (unpaired) electrons. The monoisotopic (exact) mass is 268 g/mol. The summed E-state index contributed by atoms with van der Waals surface area (Å²) in [6.45, 7) is 7.71. The first kappa shape index (κ1) is 15.5. The second-order valence-corrected chi connectivity index (χ2v) is 5.74. The van der Waals surface area contributed by atoms with Crippen molar-refractivity contribution in [2.45, 2.75) is 39.5 Å². The lowest BCUT2D eigenvalue weighted by Crippen LogP contribution is -2.32. The van der Waals surface area contributed by atoms with Gasteiger partial charge >= 0.3 is 6.09 Å². The summed E-state index contributed by atoms with van der Waals surface area (Å²) in [5.74, 6) is 0. The largest absolute Gasteiger partial charge is 0.444 e. The number of likely N-dealkylation sites (N-methyl/N-ethyl adjacent to an activating group) is 1. The average molecular weight is 268 g/mol. The van der Waals surface area contributed by atoms with Gasteiger partial charge in [0.05, 0.1) is 18.6 Å². The van der Waals surface area contributed by atoms with Gasteiger partial charge < -0.3 is 19.5 Å². The molecule has 0 bridgehead atoms. The zero-order valence-corrected chi connectivity index (χ0v) is 12.4. The van der Waals surface area contributed by atoms with Crippen LogP contribution in [0.25, 0.3) is 0 Å². The number of amides is 1. The quantitative estimate of drug-likeness (QED) is 0.878. The van der Waals surface area contributed by atoms with Crippen molar-refractivity contribution in [1.29, 1.82) is 0 Å². The fourth-order valence-corrected chi connectivity index (χ4v) is 1.48. The van der Waals surface area contributed by atoms with Gasteiger partial charge in [-0.3, -0.25) is 0 Å². The van der Waals surface area contributed by atoms with Gasteiger partial charge in [0.15, 0.2) is 0 Å². The molecule has 6 heteroatoms. The minimum Gasteiger partial charge on any atom is -0.444 e. The van der Waals surface area contributed by atoms with E-state index in [4.69, 9.17) is 4.74 Å². The molecule has 108 valence electrons. The number of hydrogen-bond donors (Lipinski definition) is 1. The van der Waals surface area contributed by atoms with Crippen molar-refractivity contribution in [3.05, 3.63) is 18.2 Å². The number of hydrogen-bond acceptors (Lipinski definition) is 4. The summed E-state index contributed by atoms with van der Waals surface area (Å²) in [4.78, 5) is 17.8. The standard InChI is InChI=1S/C13H24N4O2/c1-13(2,3)19-12(18)15-9-11-8-14-10-17(11)7-6-16(4)5/h8,10H,6-7,9H2,1-5H3,(H,15,18). The van der Waals surface area contributed by atoms with Crippen molar-refractivity contribution in [2.75, 3.05) is 20.6 Å². The number of imidazole rings is 1. The molecule has 19 heavy (non-hydrogen) atoms. The normalized spacial score (nSPS) is 11.7. The number of ether oxygens (including phenoxy) is 1. The summed E-state index contributed by atoms with van der Waals surface area (Å²) in [5.41, 5.74) is 0.489. The van der Waals surface area contributed by atoms with Crippen molar-refractivity contribution >= 4 is 6.09 Å². The summed E-state index contributed by atoms with van der Waals surface area (Å²) in [6.07, 6.45) is 3.12. The van der Waals surface area contributed by atoms with Gasteiger partial charge in [-0.05, 0) is 34.9 Å². The smallest absolute Gasteiger partial charge is 0.407 e. The van der Waals surface area contributed by atoms with Gasteiger partial charge in [0.2, 0.25) is 0 Å². The second kappa shape index (κ2) is 6.56. The maximum Gasteiger partial charge on any atom is 0.407 e. The van der Waals surface area contributed by atoms with Crippen LogP contribution in [0.15, 0.2) is 12.5 Å². The van der Waals surface area contributed by atoms with Crippen LogP contribution >= 0.6 is 0 Å². The third kappa shape index (κ3) is 6.24. The van der Waals surface area contributed by atoms with E-state index in [-0.39, 0.29) is 0 Å². The van der Waals surface area contributed by atoms with E-state index in [2.05, 4.69) is 15.2 Å². The van der Waals surface area contributed by atoms with Gasteiger partial charge in [-0.15, -0.1) is 0 Å². The third-order valence-corrected chi connectivity index (χ3v) is 2.40. The lowest BCUT2D eigenvalue weighted by molar-refractivity contribution is 0.0522. The highest BCUT2D eigenvalue weighted by atomic mass is 16.6. The van der Waals surface area contributed by atoms with E-state index < -0.39 is 11.7 Å². The zero-order valence-electron chi connectivity index (χ0n) is 12.4. The molecule has 0 aromatic carbocycles. The molecular weight excluding hydrogens is 244 g/mol. The highest BCUT2D eigenvalue weighted by Crippen LogP contribution is 2.07. The van der Waals surface area contributed by atoms with Crippen molar-refractivity contribution in [2.24, 2.45) is 0 Å². The van der Waals surface area contributed by atoms with Gasteiger partial charge in [-0.25, -0.2) is 9.78 Å². The average Bonchev–Trinajstić information content (AvgIpc) is 2.68. The Bertz CT molecular complexity index is 407. The predicted molar refractivity (Wildman–Crippen MR) is 73.9 cm³/mol. The third-order valence-electron chi connectivity index (χ3n) is 2.40. The first-order chi connectivity index (χ1) is 8.78. The Morgan fingerprint density at radius 2 is 2.16 bits per heavy atom. The number of carbonyl (C=O) groups is 1. The number of nitrogens with zero attached hydrogens (tertiary/aromatic N) is 3. The van der Waals surface area contributed by atoms with E-state index in [9.17, 15) is 4.79 Å². The van der Waals surface area contributed by atoms with E-state index >= 15 is 0 Å². The maximum atomic E-state index is 11.6. The molecule has 1 rings (SSSR count). The fourth-order valence-electron chi connectivity index (χ4n) is 1.48. The summed E-state index contributed by atoms with van der Waals surface area (Å²) < 4.78 is 7.21. The van der Waals surface area contributed by atoms with E-state index in [1.54, 1.807) is 12.5 Å². The summed E-state index contributed by atoms with van der Waals surface area (Å²) in [6, 6.07) is 0. The van der Waals surface area contributed by atoms with Gasteiger partial charge in [0.1, 0.15) is 5.60 Å². The molecule has 0 fully saturated rings. The number of aromatic nitrogens is 2. The minimum absolute atomic E-state index is 0.409. The van der Waals surface area contributed by atoms with Crippen molar-refractivity contribution in [3.8, 4) is 0 Å². The minimum atomic E-state index is -0.477. The summed E-state index contributed by atoms with van der Waals surface area (Å²) in [5, 5.41) is 2.73. The maximum absolute atomic E-state index is 11.6. The van der Waals surface area contributed by atoms with Crippen LogP contribution in [0.5, 0.6) is 0 Å². The molecule has 1 N–H and O–H groups in total. The molecule has 1 amide bonds. The Morgan fingerprint density at radius 1 is 1.47 bits per heavy atom. The molecular formula is C13H24N4O2. The van der Waals surface area contributed by atoms with E-state index in [0.717, 1.165) is 18.8 Å². The van der Waals surface area contributed by atoms with E-state index in [1.165, 1.54) is 0 Å². The molecule has 1 aromatic rings. The molecule has 1 aromatic heterocycles. The molecule has 0 aliphatic heterocycles. The Kier molecular flexibility index (Phi) is 5.35. The first-order valence-electron chi connectivity index (χ1n) is 6.38. The first-order valence-corrected chi connectivity index (χ1v) is 6.38. The van der Waals surface area contributed by atoms with Crippen LogP contribution < -0.4 is 5.32 Å². The lowest BCUT2D eigenvalue weighted by atomic mass is 10.2. The second-order valence-electron chi connectivity index (χ2n) is 5.74. The fraction of sp³-hybridized carbons (Fsp3) is 0.692. The molecule has 0 spiro atoms. The van der Waals surface area contributed by atoms with Gasteiger partial charge in [0.25, 0.3) is 0 Å². The molecule has 6 nitrogen and oxygen atoms in total. The molecule has 0 unspecified atom stereocenters. The van der Waals surface area contributed by atoms with Crippen LogP contribution in [-0.4, -0.2) is 46.8 Å². The van der Waals surface area contributed by atoms with Crippen LogP contribution in [0.1, 0.15) is 26.5 Å². The molecule has 0 atom stereocenters. The highest BCUT2D eigenvalue weighted by Gasteiger charge is 2.16. The van der Waals surface area contributed by atoms with Crippen LogP contribution in [0, 0.1) is 0 Å². The summed E-state index contributed by atoms with van der Waals surface area (Å²) >= 11 is 0. The van der Waals surface area contributed by atoms with Gasteiger partial charge in [-0.1, -0.05) is 0 Å². The topological polar surface area (TPSA) is 59.4 Å². The molecule has 0 saturated heterocycles. The Hall–Kier alpha value is -1.56. The number of carbonyl (C=O) groups excluding carboxylic acids is 1. The molecule has 0 saturated carbocycles. The SMILES string of the molecule is CN(C)CCn1cncc1CNC(=O)OC(C)(C)C. The van der Waals surface area contributed by atoms with Crippen LogP contribution in [-0.2, 0) is 17.8 Å². The van der Waals surface area contributed by atoms with E-state index in [1.807, 2.05) is 39.4 Å². The summed E-state index contributed by atoms with van der Waals surface area (Å²) in [7, 11) is 4.05. The van der Waals surface area contributed by atoms with Crippen LogP contribution in [0.2, 0.25) is 0 Å².